The average molecular weight is 488 g/mol. The maximum Gasteiger partial charge on any atom is 0.263 e. The molecule has 5 rings (SSSR count). The number of carbonyl (C=O) groups excluding carboxylic acids is 1. The van der Waals surface area contributed by atoms with Crippen LogP contribution < -0.4 is 10.9 Å². The van der Waals surface area contributed by atoms with Crippen molar-refractivity contribution in [1.82, 2.24) is 14.9 Å². The van der Waals surface area contributed by atoms with Crippen LogP contribution in [0.5, 0.6) is 0 Å². The van der Waals surface area contributed by atoms with Crippen LogP contribution in [0.1, 0.15) is 55.4 Å². The van der Waals surface area contributed by atoms with Gasteiger partial charge in [0.05, 0.1) is 36.1 Å². The predicted octanol–water partition coefficient (Wildman–Crippen LogP) is 4.32. The van der Waals surface area contributed by atoms with Crippen LogP contribution in [0, 0.1) is 5.92 Å². The Kier molecular flexibility index (Phi) is 6.62. The zero-order chi connectivity index (χ0) is 22.9. The Morgan fingerprint density at radius 1 is 1.42 bits per heavy atom. The molecule has 1 saturated heterocycles. The first kappa shape index (κ1) is 22.7. The fourth-order valence-electron chi connectivity index (χ4n) is 4.69. The Morgan fingerprint density at radius 3 is 3.06 bits per heavy atom. The number of nitrogens with zero attached hydrogens (tertiary/aromatic N) is 2. The number of ether oxygens (including phenoxy) is 1. The van der Waals surface area contributed by atoms with E-state index in [1.807, 2.05) is 13.0 Å². The molecule has 4 heterocycles. The van der Waals surface area contributed by atoms with Gasteiger partial charge < -0.3 is 14.5 Å². The van der Waals surface area contributed by atoms with Crippen molar-refractivity contribution < 1.29 is 13.9 Å². The quantitative estimate of drug-likeness (QED) is 0.394. The summed E-state index contributed by atoms with van der Waals surface area (Å²) in [5.74, 6) is 1.40. The zero-order valence-electron chi connectivity index (χ0n) is 19.0. The van der Waals surface area contributed by atoms with Crippen LogP contribution in [0.4, 0.5) is 0 Å². The molecule has 0 radical (unpaired) electrons. The molecule has 3 aromatic rings. The van der Waals surface area contributed by atoms with E-state index in [2.05, 4.69) is 12.2 Å². The fraction of sp³-hybridized carbons (Fsp3) is 0.542. The van der Waals surface area contributed by atoms with Crippen molar-refractivity contribution in [3.8, 4) is 0 Å². The summed E-state index contributed by atoms with van der Waals surface area (Å²) in [4.78, 5) is 33.3. The number of thiophene rings is 1. The number of amides is 1. The van der Waals surface area contributed by atoms with Crippen molar-refractivity contribution >= 4 is 39.2 Å². The normalized spacial score (nSPS) is 21.3. The average Bonchev–Trinajstić information content (AvgIpc) is 3.55. The predicted molar refractivity (Wildman–Crippen MR) is 130 cm³/mol. The van der Waals surface area contributed by atoms with E-state index in [1.54, 1.807) is 28.2 Å². The standard InChI is InChI=1S/C24H29N3O4S2/c1-14-7-8-17-19(11-14)33-22-21(17)23(29)27(12-16-5-3-9-30-16)24(26-22)32-13-20(28)25-15(2)18-6-4-10-31-18/h4,6,10,14-16H,3,5,7-9,11-13H2,1-2H3,(H,25,28). The summed E-state index contributed by atoms with van der Waals surface area (Å²) in [5.41, 5.74) is 1.20. The van der Waals surface area contributed by atoms with Crippen molar-refractivity contribution in [3.63, 3.8) is 0 Å². The third-order valence-electron chi connectivity index (χ3n) is 6.47. The summed E-state index contributed by atoms with van der Waals surface area (Å²) < 4.78 is 12.9. The lowest BCUT2D eigenvalue weighted by molar-refractivity contribution is -0.119. The van der Waals surface area contributed by atoms with E-state index >= 15 is 0 Å². The van der Waals surface area contributed by atoms with Crippen LogP contribution in [0.2, 0.25) is 0 Å². The fourth-order valence-corrected chi connectivity index (χ4v) is 6.93. The van der Waals surface area contributed by atoms with E-state index in [0.717, 1.165) is 48.9 Å². The molecule has 0 bridgehead atoms. The number of hydrogen-bond donors (Lipinski definition) is 1. The van der Waals surface area contributed by atoms with E-state index in [-0.39, 0.29) is 29.4 Å². The largest absolute Gasteiger partial charge is 0.467 e. The minimum Gasteiger partial charge on any atom is -0.467 e. The third kappa shape index (κ3) is 4.76. The molecule has 0 spiro atoms. The molecule has 1 aliphatic carbocycles. The Bertz CT molecular complexity index is 1190. The van der Waals surface area contributed by atoms with Gasteiger partial charge in [0.15, 0.2) is 5.16 Å². The van der Waals surface area contributed by atoms with Gasteiger partial charge in [-0.25, -0.2) is 4.98 Å². The van der Waals surface area contributed by atoms with Gasteiger partial charge in [0.2, 0.25) is 5.91 Å². The number of thioether (sulfide) groups is 1. The summed E-state index contributed by atoms with van der Waals surface area (Å²) in [6.07, 6.45) is 6.62. The molecule has 3 atom stereocenters. The van der Waals surface area contributed by atoms with Crippen LogP contribution in [-0.4, -0.2) is 33.9 Å². The Balaban J connectivity index is 1.42. The van der Waals surface area contributed by atoms with Crippen LogP contribution >= 0.6 is 23.1 Å². The zero-order valence-corrected chi connectivity index (χ0v) is 20.6. The van der Waals surface area contributed by atoms with Crippen molar-refractivity contribution in [1.29, 1.82) is 0 Å². The maximum atomic E-state index is 13.7. The summed E-state index contributed by atoms with van der Waals surface area (Å²) in [6, 6.07) is 3.42. The van der Waals surface area contributed by atoms with Crippen molar-refractivity contribution in [2.24, 2.45) is 5.92 Å². The topological polar surface area (TPSA) is 86.4 Å². The van der Waals surface area contributed by atoms with Gasteiger partial charge in [-0.2, -0.15) is 0 Å². The Hall–Kier alpha value is -2.10. The van der Waals surface area contributed by atoms with Gasteiger partial charge in [-0.15, -0.1) is 11.3 Å². The number of carbonyl (C=O) groups is 1. The van der Waals surface area contributed by atoms with Gasteiger partial charge in [0.1, 0.15) is 10.6 Å². The van der Waals surface area contributed by atoms with Gasteiger partial charge in [0.25, 0.3) is 5.56 Å². The molecule has 1 amide bonds. The minimum absolute atomic E-state index is 0.00872. The molecule has 3 aromatic heterocycles. The first-order chi connectivity index (χ1) is 16.0. The molecule has 0 aromatic carbocycles. The number of aromatic nitrogens is 2. The number of fused-ring (bicyclic) bond motifs is 3. The molecule has 33 heavy (non-hydrogen) atoms. The Labute approximate surface area is 200 Å². The summed E-state index contributed by atoms with van der Waals surface area (Å²) >= 11 is 2.96. The van der Waals surface area contributed by atoms with Crippen LogP contribution in [-0.2, 0) is 28.9 Å². The highest BCUT2D eigenvalue weighted by Gasteiger charge is 2.26. The lowest BCUT2D eigenvalue weighted by Crippen LogP contribution is -2.31. The summed E-state index contributed by atoms with van der Waals surface area (Å²) in [7, 11) is 0. The minimum atomic E-state index is -0.219. The second kappa shape index (κ2) is 9.64. The van der Waals surface area contributed by atoms with E-state index in [9.17, 15) is 9.59 Å². The number of hydrogen-bond acceptors (Lipinski definition) is 7. The second-order valence-electron chi connectivity index (χ2n) is 9.07. The summed E-state index contributed by atoms with van der Waals surface area (Å²) in [6.45, 7) is 5.36. The van der Waals surface area contributed by atoms with Gasteiger partial charge in [-0.05, 0) is 62.6 Å². The van der Waals surface area contributed by atoms with Crippen molar-refractivity contribution in [2.75, 3.05) is 12.4 Å². The van der Waals surface area contributed by atoms with Gasteiger partial charge >= 0.3 is 0 Å². The lowest BCUT2D eigenvalue weighted by atomic mass is 9.89. The number of aryl methyl sites for hydroxylation is 1. The van der Waals surface area contributed by atoms with Gasteiger partial charge in [0, 0.05) is 11.5 Å². The number of furan rings is 1. The molecule has 1 N–H and O–H groups in total. The lowest BCUT2D eigenvalue weighted by Gasteiger charge is -2.18. The Morgan fingerprint density at radius 2 is 2.30 bits per heavy atom. The molecule has 1 aliphatic heterocycles. The van der Waals surface area contributed by atoms with Crippen LogP contribution in [0.15, 0.2) is 32.8 Å². The van der Waals surface area contributed by atoms with Crippen molar-refractivity contribution in [3.05, 3.63) is 45.0 Å². The number of rotatable bonds is 7. The summed E-state index contributed by atoms with van der Waals surface area (Å²) in [5, 5.41) is 4.32. The van der Waals surface area contributed by atoms with E-state index in [0.29, 0.717) is 23.4 Å². The van der Waals surface area contributed by atoms with Crippen LogP contribution in [0.3, 0.4) is 0 Å². The molecule has 176 valence electrons. The molecule has 3 unspecified atom stereocenters. The molecular weight excluding hydrogens is 458 g/mol. The maximum absolute atomic E-state index is 13.7. The molecule has 0 saturated carbocycles. The van der Waals surface area contributed by atoms with Crippen molar-refractivity contribution in [2.45, 2.75) is 69.8 Å². The second-order valence-corrected chi connectivity index (χ2v) is 11.1. The monoisotopic (exact) mass is 487 g/mol. The van der Waals surface area contributed by atoms with E-state index < -0.39 is 0 Å². The SMILES string of the molecule is CC1CCc2c(sc3nc(SCC(=O)NC(C)c4ccco4)n(CC4CCCO4)c(=O)c23)C1. The van der Waals surface area contributed by atoms with E-state index in [4.69, 9.17) is 14.1 Å². The van der Waals surface area contributed by atoms with Crippen LogP contribution in [0.25, 0.3) is 10.2 Å². The first-order valence-corrected chi connectivity index (χ1v) is 13.4. The smallest absolute Gasteiger partial charge is 0.263 e. The molecule has 9 heteroatoms. The molecule has 1 fully saturated rings. The van der Waals surface area contributed by atoms with E-state index in [1.165, 1.54) is 22.2 Å². The highest BCUT2D eigenvalue weighted by molar-refractivity contribution is 7.99. The highest BCUT2D eigenvalue weighted by atomic mass is 32.2. The molecular formula is C24H29N3O4S2. The third-order valence-corrected chi connectivity index (χ3v) is 8.59. The molecule has 7 nitrogen and oxygen atoms in total. The molecule has 2 aliphatic rings. The van der Waals surface area contributed by atoms with Gasteiger partial charge in [-0.3, -0.25) is 14.2 Å². The van der Waals surface area contributed by atoms with Gasteiger partial charge in [-0.1, -0.05) is 18.7 Å². The first-order valence-electron chi connectivity index (χ1n) is 11.6. The highest BCUT2D eigenvalue weighted by Crippen LogP contribution is 2.36. The number of nitrogens with one attached hydrogen (secondary N) is 1.